The summed E-state index contributed by atoms with van der Waals surface area (Å²) in [6.07, 6.45) is 3.51. The highest BCUT2D eigenvalue weighted by Crippen LogP contribution is 2.30. The number of hydrogen-bond donors (Lipinski definition) is 1. The zero-order valence-electron chi connectivity index (χ0n) is 14.8. The summed E-state index contributed by atoms with van der Waals surface area (Å²) in [5, 5.41) is 5.88. The standard InChI is InChI=1S/C21H25N3O/c1-2-24-19-9-5-4-8-17(19)18-11-10-16(14-20(18)24)22-15-21(25)23-12-6-3-7-13-23/h4-5,8-11,14,22H,2-3,6-7,12-13,15H2,1H3. The normalized spacial score (nSPS) is 15.0. The third-order valence-electron chi connectivity index (χ3n) is 5.24. The number of amides is 1. The first-order chi connectivity index (χ1) is 12.3. The molecule has 4 nitrogen and oxygen atoms in total. The van der Waals surface area contributed by atoms with Crippen molar-refractivity contribution in [2.24, 2.45) is 0 Å². The van der Waals surface area contributed by atoms with E-state index in [0.29, 0.717) is 6.54 Å². The first-order valence-corrected chi connectivity index (χ1v) is 9.30. The van der Waals surface area contributed by atoms with E-state index >= 15 is 0 Å². The number of anilines is 1. The molecule has 25 heavy (non-hydrogen) atoms. The number of aryl methyl sites for hydroxylation is 1. The lowest BCUT2D eigenvalue weighted by atomic mass is 10.1. The van der Waals surface area contributed by atoms with Crippen molar-refractivity contribution >= 4 is 33.4 Å². The van der Waals surface area contributed by atoms with Gasteiger partial charge >= 0.3 is 0 Å². The van der Waals surface area contributed by atoms with Crippen molar-refractivity contribution in [3.05, 3.63) is 42.5 Å². The molecular weight excluding hydrogens is 310 g/mol. The van der Waals surface area contributed by atoms with Crippen LogP contribution < -0.4 is 5.32 Å². The summed E-state index contributed by atoms with van der Waals surface area (Å²) >= 11 is 0. The number of hydrogen-bond acceptors (Lipinski definition) is 2. The number of piperidine rings is 1. The highest BCUT2D eigenvalue weighted by atomic mass is 16.2. The Labute approximate surface area is 148 Å². The van der Waals surface area contributed by atoms with Gasteiger partial charge in [0.1, 0.15) is 0 Å². The minimum absolute atomic E-state index is 0.204. The van der Waals surface area contributed by atoms with E-state index in [4.69, 9.17) is 0 Å². The molecule has 1 aromatic heterocycles. The number of nitrogens with one attached hydrogen (secondary N) is 1. The van der Waals surface area contributed by atoms with Gasteiger partial charge in [-0.1, -0.05) is 24.3 Å². The highest BCUT2D eigenvalue weighted by Gasteiger charge is 2.16. The monoisotopic (exact) mass is 335 g/mol. The number of rotatable bonds is 4. The summed E-state index contributed by atoms with van der Waals surface area (Å²) in [4.78, 5) is 14.3. The molecule has 0 atom stereocenters. The Morgan fingerprint density at radius 1 is 1.00 bits per heavy atom. The van der Waals surface area contributed by atoms with Gasteiger partial charge < -0.3 is 14.8 Å². The molecule has 0 unspecified atom stereocenters. The molecule has 0 aliphatic carbocycles. The van der Waals surface area contributed by atoms with Gasteiger partial charge in [-0.05, 0) is 44.4 Å². The van der Waals surface area contributed by atoms with Crippen LogP contribution in [0.1, 0.15) is 26.2 Å². The molecule has 3 aromatic rings. The average molecular weight is 335 g/mol. The van der Waals surface area contributed by atoms with Gasteiger partial charge in [0.15, 0.2) is 0 Å². The molecule has 4 heteroatoms. The molecule has 0 radical (unpaired) electrons. The lowest BCUT2D eigenvalue weighted by molar-refractivity contribution is -0.130. The van der Waals surface area contributed by atoms with Crippen molar-refractivity contribution in [3.63, 3.8) is 0 Å². The molecule has 1 aliphatic heterocycles. The Hall–Kier alpha value is -2.49. The van der Waals surface area contributed by atoms with Gasteiger partial charge in [-0.15, -0.1) is 0 Å². The van der Waals surface area contributed by atoms with Gasteiger partial charge in [-0.2, -0.15) is 0 Å². The highest BCUT2D eigenvalue weighted by molar-refractivity contribution is 6.08. The molecule has 2 heterocycles. The topological polar surface area (TPSA) is 37.3 Å². The van der Waals surface area contributed by atoms with E-state index in [0.717, 1.165) is 38.2 Å². The van der Waals surface area contributed by atoms with Crippen LogP contribution in [0.25, 0.3) is 21.8 Å². The van der Waals surface area contributed by atoms with E-state index in [1.54, 1.807) is 0 Å². The fraction of sp³-hybridized carbons (Fsp3) is 0.381. The SMILES string of the molecule is CCn1c2ccccc2c2ccc(NCC(=O)N3CCCCC3)cc21. The fourth-order valence-electron chi connectivity index (χ4n) is 3.93. The smallest absolute Gasteiger partial charge is 0.241 e. The van der Waals surface area contributed by atoms with Crippen molar-refractivity contribution in [1.82, 2.24) is 9.47 Å². The van der Waals surface area contributed by atoms with E-state index < -0.39 is 0 Å². The van der Waals surface area contributed by atoms with Crippen molar-refractivity contribution in [1.29, 1.82) is 0 Å². The first kappa shape index (κ1) is 16.0. The molecule has 1 saturated heterocycles. The Kier molecular flexibility index (Phi) is 4.35. The summed E-state index contributed by atoms with van der Waals surface area (Å²) in [5.41, 5.74) is 3.50. The van der Waals surface area contributed by atoms with E-state index in [1.165, 1.54) is 28.2 Å². The Bertz CT molecular complexity index is 906. The number of nitrogens with zero attached hydrogens (tertiary/aromatic N) is 2. The van der Waals surface area contributed by atoms with Crippen LogP contribution in [0.3, 0.4) is 0 Å². The quantitative estimate of drug-likeness (QED) is 0.774. The Morgan fingerprint density at radius 2 is 1.76 bits per heavy atom. The Morgan fingerprint density at radius 3 is 2.56 bits per heavy atom. The molecule has 0 spiro atoms. The first-order valence-electron chi connectivity index (χ1n) is 9.30. The minimum atomic E-state index is 0.204. The lowest BCUT2D eigenvalue weighted by Gasteiger charge is -2.26. The van der Waals surface area contributed by atoms with Gasteiger partial charge in [0.25, 0.3) is 0 Å². The van der Waals surface area contributed by atoms with Crippen LogP contribution >= 0.6 is 0 Å². The molecule has 1 fully saturated rings. The van der Waals surface area contributed by atoms with Crippen molar-refractivity contribution in [2.45, 2.75) is 32.7 Å². The van der Waals surface area contributed by atoms with Crippen LogP contribution in [-0.2, 0) is 11.3 Å². The molecule has 1 amide bonds. The summed E-state index contributed by atoms with van der Waals surface area (Å²) in [5.74, 6) is 0.204. The molecule has 1 N–H and O–H groups in total. The molecular formula is C21H25N3O. The number of para-hydroxylation sites is 1. The third kappa shape index (κ3) is 2.97. The van der Waals surface area contributed by atoms with Crippen LogP contribution in [0.2, 0.25) is 0 Å². The minimum Gasteiger partial charge on any atom is -0.376 e. The van der Waals surface area contributed by atoms with Crippen LogP contribution in [0.4, 0.5) is 5.69 Å². The molecule has 1 aliphatic rings. The van der Waals surface area contributed by atoms with Crippen LogP contribution in [0.5, 0.6) is 0 Å². The van der Waals surface area contributed by atoms with E-state index in [1.807, 2.05) is 4.90 Å². The molecule has 0 saturated carbocycles. The average Bonchev–Trinajstić information content (AvgIpc) is 2.99. The number of aromatic nitrogens is 1. The zero-order valence-corrected chi connectivity index (χ0v) is 14.8. The maximum absolute atomic E-state index is 12.4. The summed E-state index contributed by atoms with van der Waals surface area (Å²) in [7, 11) is 0. The number of likely N-dealkylation sites (tertiary alicyclic amines) is 1. The van der Waals surface area contributed by atoms with Crippen molar-refractivity contribution in [2.75, 3.05) is 25.0 Å². The fourth-order valence-corrected chi connectivity index (χ4v) is 3.93. The number of fused-ring (bicyclic) bond motifs is 3. The molecule has 0 bridgehead atoms. The van der Waals surface area contributed by atoms with E-state index in [2.05, 4.69) is 59.3 Å². The summed E-state index contributed by atoms with van der Waals surface area (Å²) < 4.78 is 2.34. The number of benzene rings is 2. The van der Waals surface area contributed by atoms with Gasteiger partial charge in [-0.3, -0.25) is 4.79 Å². The predicted octanol–water partition coefficient (Wildman–Crippen LogP) is 4.24. The largest absolute Gasteiger partial charge is 0.376 e. The second kappa shape index (κ2) is 6.79. The maximum atomic E-state index is 12.4. The second-order valence-electron chi connectivity index (χ2n) is 6.79. The predicted molar refractivity (Wildman–Crippen MR) is 104 cm³/mol. The molecule has 130 valence electrons. The van der Waals surface area contributed by atoms with Gasteiger partial charge in [0.2, 0.25) is 5.91 Å². The lowest BCUT2D eigenvalue weighted by Crippen LogP contribution is -2.39. The van der Waals surface area contributed by atoms with Crippen LogP contribution in [0.15, 0.2) is 42.5 Å². The van der Waals surface area contributed by atoms with Gasteiger partial charge in [-0.25, -0.2) is 0 Å². The van der Waals surface area contributed by atoms with Gasteiger partial charge in [0, 0.05) is 41.6 Å². The third-order valence-corrected chi connectivity index (χ3v) is 5.24. The van der Waals surface area contributed by atoms with Crippen LogP contribution in [0, 0.1) is 0 Å². The Balaban J connectivity index is 1.58. The number of carbonyl (C=O) groups is 1. The van der Waals surface area contributed by atoms with E-state index in [9.17, 15) is 4.79 Å². The summed E-state index contributed by atoms with van der Waals surface area (Å²) in [6, 6.07) is 14.9. The van der Waals surface area contributed by atoms with Gasteiger partial charge in [0.05, 0.1) is 12.1 Å². The maximum Gasteiger partial charge on any atom is 0.241 e. The van der Waals surface area contributed by atoms with Crippen molar-refractivity contribution in [3.8, 4) is 0 Å². The van der Waals surface area contributed by atoms with E-state index in [-0.39, 0.29) is 5.91 Å². The van der Waals surface area contributed by atoms with Crippen molar-refractivity contribution < 1.29 is 4.79 Å². The van der Waals surface area contributed by atoms with Crippen LogP contribution in [-0.4, -0.2) is 35.0 Å². The molecule has 4 rings (SSSR count). The molecule has 2 aromatic carbocycles. The second-order valence-corrected chi connectivity index (χ2v) is 6.79. The number of carbonyl (C=O) groups excluding carboxylic acids is 1. The summed E-state index contributed by atoms with van der Waals surface area (Å²) in [6.45, 7) is 5.29. The zero-order chi connectivity index (χ0) is 17.2.